The average Bonchev–Trinajstić information content (AvgIpc) is 2.21. The summed E-state index contributed by atoms with van der Waals surface area (Å²) >= 11 is 0. The summed E-state index contributed by atoms with van der Waals surface area (Å²) in [6.45, 7) is 0.291. The standard InChI is InChI=1S/C9H13FN2O2S/c1-11-6-7-5-8(3-4-9(7)10)15(13,14)12-2/h3-5,11-12H,6H2,1-2H3. The van der Waals surface area contributed by atoms with Gasteiger partial charge in [0, 0.05) is 12.1 Å². The Morgan fingerprint density at radius 3 is 2.53 bits per heavy atom. The topological polar surface area (TPSA) is 58.2 Å². The second-order valence-electron chi connectivity index (χ2n) is 2.99. The summed E-state index contributed by atoms with van der Waals surface area (Å²) in [5.74, 6) is -0.417. The number of halogens is 1. The molecule has 0 heterocycles. The smallest absolute Gasteiger partial charge is 0.240 e. The molecule has 0 spiro atoms. The Kier molecular flexibility index (Phi) is 3.78. The average molecular weight is 232 g/mol. The van der Waals surface area contributed by atoms with Gasteiger partial charge in [-0.1, -0.05) is 0 Å². The Morgan fingerprint density at radius 1 is 1.33 bits per heavy atom. The van der Waals surface area contributed by atoms with Gasteiger partial charge in [0.2, 0.25) is 10.0 Å². The van der Waals surface area contributed by atoms with E-state index in [4.69, 9.17) is 0 Å². The number of rotatable bonds is 4. The third-order valence-corrected chi connectivity index (χ3v) is 3.38. The molecule has 0 saturated heterocycles. The van der Waals surface area contributed by atoms with Crippen molar-refractivity contribution in [2.24, 2.45) is 0 Å². The lowest BCUT2D eigenvalue weighted by Crippen LogP contribution is -2.19. The van der Waals surface area contributed by atoms with Gasteiger partial charge in [-0.05, 0) is 32.3 Å². The van der Waals surface area contributed by atoms with Crippen molar-refractivity contribution >= 4 is 10.0 Å². The first-order chi connectivity index (χ1) is 7.01. The monoisotopic (exact) mass is 232 g/mol. The van der Waals surface area contributed by atoms with Gasteiger partial charge in [-0.2, -0.15) is 0 Å². The lowest BCUT2D eigenvalue weighted by molar-refractivity contribution is 0.583. The highest BCUT2D eigenvalue weighted by Gasteiger charge is 2.13. The van der Waals surface area contributed by atoms with Gasteiger partial charge >= 0.3 is 0 Å². The minimum absolute atomic E-state index is 0.0663. The van der Waals surface area contributed by atoms with Gasteiger partial charge in [0.05, 0.1) is 4.90 Å². The summed E-state index contributed by atoms with van der Waals surface area (Å²) < 4.78 is 38.2. The van der Waals surface area contributed by atoms with Crippen molar-refractivity contribution < 1.29 is 12.8 Å². The fourth-order valence-corrected chi connectivity index (χ4v) is 1.94. The largest absolute Gasteiger partial charge is 0.316 e. The molecular formula is C9H13FN2O2S. The van der Waals surface area contributed by atoms with Crippen LogP contribution in [0.5, 0.6) is 0 Å². The molecular weight excluding hydrogens is 219 g/mol. The van der Waals surface area contributed by atoms with Crippen molar-refractivity contribution in [1.82, 2.24) is 10.0 Å². The highest BCUT2D eigenvalue weighted by molar-refractivity contribution is 7.89. The van der Waals surface area contributed by atoms with E-state index in [-0.39, 0.29) is 4.90 Å². The first-order valence-electron chi connectivity index (χ1n) is 4.38. The molecule has 1 rings (SSSR count). The van der Waals surface area contributed by atoms with E-state index in [1.165, 1.54) is 19.2 Å². The van der Waals surface area contributed by atoms with Crippen LogP contribution in [-0.2, 0) is 16.6 Å². The summed E-state index contributed by atoms with van der Waals surface area (Å²) in [4.78, 5) is 0.0663. The molecule has 0 saturated carbocycles. The van der Waals surface area contributed by atoms with E-state index in [1.54, 1.807) is 7.05 Å². The molecule has 0 unspecified atom stereocenters. The molecule has 0 radical (unpaired) electrons. The minimum Gasteiger partial charge on any atom is -0.316 e. The maximum Gasteiger partial charge on any atom is 0.240 e. The zero-order chi connectivity index (χ0) is 11.5. The van der Waals surface area contributed by atoms with Crippen molar-refractivity contribution in [3.8, 4) is 0 Å². The van der Waals surface area contributed by atoms with Crippen molar-refractivity contribution in [2.45, 2.75) is 11.4 Å². The van der Waals surface area contributed by atoms with Gasteiger partial charge in [-0.15, -0.1) is 0 Å². The van der Waals surface area contributed by atoms with Gasteiger partial charge in [-0.25, -0.2) is 17.5 Å². The molecule has 4 nitrogen and oxygen atoms in total. The lowest BCUT2D eigenvalue weighted by Gasteiger charge is -2.06. The van der Waals surface area contributed by atoms with Gasteiger partial charge in [0.15, 0.2) is 0 Å². The van der Waals surface area contributed by atoms with Crippen LogP contribution in [0.3, 0.4) is 0 Å². The summed E-state index contributed by atoms with van der Waals surface area (Å²) in [6, 6.07) is 3.70. The molecule has 0 aliphatic rings. The van der Waals surface area contributed by atoms with E-state index in [9.17, 15) is 12.8 Å². The summed E-state index contributed by atoms with van der Waals surface area (Å²) in [7, 11) is -0.519. The zero-order valence-corrected chi connectivity index (χ0v) is 9.36. The molecule has 0 bridgehead atoms. The SMILES string of the molecule is CNCc1cc(S(=O)(=O)NC)ccc1F. The second-order valence-corrected chi connectivity index (χ2v) is 4.88. The van der Waals surface area contributed by atoms with Crippen LogP contribution in [0.15, 0.2) is 23.1 Å². The molecule has 84 valence electrons. The number of benzene rings is 1. The maximum absolute atomic E-state index is 13.2. The molecule has 2 N–H and O–H groups in total. The molecule has 0 aliphatic carbocycles. The highest BCUT2D eigenvalue weighted by atomic mass is 32.2. The van der Waals surface area contributed by atoms with Crippen molar-refractivity contribution in [3.05, 3.63) is 29.6 Å². The Bertz CT molecular complexity index is 445. The number of sulfonamides is 1. The van der Waals surface area contributed by atoms with E-state index in [2.05, 4.69) is 10.0 Å². The van der Waals surface area contributed by atoms with Gasteiger partial charge in [0.1, 0.15) is 5.82 Å². The van der Waals surface area contributed by atoms with E-state index in [0.717, 1.165) is 6.07 Å². The van der Waals surface area contributed by atoms with Crippen LogP contribution in [-0.4, -0.2) is 22.5 Å². The molecule has 6 heteroatoms. The molecule has 0 amide bonds. The first kappa shape index (κ1) is 12.1. The van der Waals surface area contributed by atoms with Gasteiger partial charge < -0.3 is 5.32 Å². The van der Waals surface area contributed by atoms with Gasteiger partial charge in [0.25, 0.3) is 0 Å². The van der Waals surface area contributed by atoms with Crippen molar-refractivity contribution in [3.63, 3.8) is 0 Å². The van der Waals surface area contributed by atoms with Crippen LogP contribution < -0.4 is 10.0 Å². The molecule has 0 fully saturated rings. The minimum atomic E-state index is -3.50. The summed E-state index contributed by atoms with van der Waals surface area (Å²) in [5, 5.41) is 2.77. The highest BCUT2D eigenvalue weighted by Crippen LogP contribution is 2.14. The molecule has 1 aromatic carbocycles. The van der Waals surface area contributed by atoms with E-state index in [1.807, 2.05) is 0 Å². The lowest BCUT2D eigenvalue weighted by atomic mass is 10.2. The van der Waals surface area contributed by atoms with Crippen LogP contribution in [0.25, 0.3) is 0 Å². The number of hydrogen-bond donors (Lipinski definition) is 2. The molecule has 0 aromatic heterocycles. The Balaban J connectivity index is 3.19. The number of nitrogens with one attached hydrogen (secondary N) is 2. The van der Waals surface area contributed by atoms with Crippen LogP contribution in [0.1, 0.15) is 5.56 Å². The van der Waals surface area contributed by atoms with Gasteiger partial charge in [-0.3, -0.25) is 0 Å². The van der Waals surface area contributed by atoms with E-state index in [0.29, 0.717) is 12.1 Å². The predicted octanol–water partition coefficient (Wildman–Crippen LogP) is 0.453. The fourth-order valence-electron chi connectivity index (χ4n) is 1.16. The normalized spacial score (nSPS) is 11.7. The Morgan fingerprint density at radius 2 is 2.00 bits per heavy atom. The maximum atomic E-state index is 13.2. The molecule has 0 aliphatic heterocycles. The fraction of sp³-hybridized carbons (Fsp3) is 0.333. The van der Waals surface area contributed by atoms with Crippen LogP contribution in [0, 0.1) is 5.82 Å². The summed E-state index contributed by atoms with van der Waals surface area (Å²) in [6.07, 6.45) is 0. The number of hydrogen-bond acceptors (Lipinski definition) is 3. The third-order valence-electron chi connectivity index (χ3n) is 1.96. The van der Waals surface area contributed by atoms with Crippen LogP contribution in [0.2, 0.25) is 0 Å². The van der Waals surface area contributed by atoms with Crippen molar-refractivity contribution in [1.29, 1.82) is 0 Å². The molecule has 1 aromatic rings. The predicted molar refractivity (Wildman–Crippen MR) is 55.4 cm³/mol. The van der Waals surface area contributed by atoms with Crippen LogP contribution >= 0.6 is 0 Å². The quantitative estimate of drug-likeness (QED) is 0.792. The second kappa shape index (κ2) is 4.69. The molecule has 0 atom stereocenters. The Hall–Kier alpha value is -0.980. The summed E-state index contributed by atoms with van der Waals surface area (Å²) in [5.41, 5.74) is 0.328. The van der Waals surface area contributed by atoms with E-state index >= 15 is 0 Å². The Labute approximate surface area is 88.6 Å². The zero-order valence-electron chi connectivity index (χ0n) is 8.54. The van der Waals surface area contributed by atoms with E-state index < -0.39 is 15.8 Å². The third kappa shape index (κ3) is 2.74. The van der Waals surface area contributed by atoms with Crippen molar-refractivity contribution in [2.75, 3.05) is 14.1 Å². The first-order valence-corrected chi connectivity index (χ1v) is 5.86. The van der Waals surface area contributed by atoms with Crippen LogP contribution in [0.4, 0.5) is 4.39 Å². The molecule has 15 heavy (non-hydrogen) atoms.